The van der Waals surface area contributed by atoms with Crippen LogP contribution < -0.4 is 15.0 Å². The van der Waals surface area contributed by atoms with Crippen LogP contribution in [0.4, 0.5) is 15.8 Å². The number of halogens is 2. The molecule has 1 atom stereocenters. The normalized spacial score (nSPS) is 14.9. The molecule has 1 aliphatic heterocycles. The molecular weight excluding hydrogens is 656 g/mol. The van der Waals surface area contributed by atoms with Crippen LogP contribution in [0.25, 0.3) is 20.8 Å². The Hall–Kier alpha value is -4.23. The van der Waals surface area contributed by atoms with Gasteiger partial charge in [0.2, 0.25) is 0 Å². The zero-order valence-corrected chi connectivity index (χ0v) is 24.9. The predicted octanol–water partition coefficient (Wildman–Crippen LogP) is 7.26. The van der Waals surface area contributed by atoms with E-state index in [1.807, 2.05) is 65.3 Å². The Morgan fingerprint density at radius 2 is 1.93 bits per heavy atom. The number of hydrogen-bond donors (Lipinski definition) is 1. The van der Waals surface area contributed by atoms with Gasteiger partial charge in [-0.3, -0.25) is 9.78 Å². The fraction of sp³-hybridized carbons (Fsp3) is 0.100. The van der Waals surface area contributed by atoms with Crippen LogP contribution in [-0.2, 0) is 16.6 Å². The van der Waals surface area contributed by atoms with Gasteiger partial charge in [-0.05, 0) is 36.4 Å². The number of para-hydroxylation sites is 1. The van der Waals surface area contributed by atoms with E-state index in [4.69, 9.17) is 9.47 Å². The molecule has 206 valence electrons. The summed E-state index contributed by atoms with van der Waals surface area (Å²) in [6, 6.07) is 17.7. The summed E-state index contributed by atoms with van der Waals surface area (Å²) < 4.78 is 29.0. The minimum absolute atomic E-state index is 0.0303. The molecule has 2 aromatic carbocycles. The van der Waals surface area contributed by atoms with Crippen LogP contribution in [0.2, 0.25) is 0 Å². The van der Waals surface area contributed by atoms with Gasteiger partial charge in [-0.2, -0.15) is 0 Å². The third-order valence-corrected chi connectivity index (χ3v) is 8.78. The summed E-state index contributed by atoms with van der Waals surface area (Å²) in [6.07, 6.45) is 8.90. The SMILES string of the molecule is COC1=C(C(=O)Nc2ccc(Oc3ccnc4cc(-c5cn(C)cn5)sc34)c(F)c2)C(I)N(c2ccccc2)C=C1. The Bertz CT molecular complexity index is 1820. The van der Waals surface area contributed by atoms with E-state index in [-0.39, 0.29) is 9.80 Å². The van der Waals surface area contributed by atoms with Gasteiger partial charge in [-0.1, -0.05) is 40.8 Å². The van der Waals surface area contributed by atoms with Gasteiger partial charge in [0.05, 0.1) is 39.8 Å². The average Bonchev–Trinajstić information content (AvgIpc) is 3.61. The molecule has 0 aliphatic carbocycles. The van der Waals surface area contributed by atoms with Crippen LogP contribution in [0.1, 0.15) is 0 Å². The summed E-state index contributed by atoms with van der Waals surface area (Å²) in [5, 5.41) is 2.81. The molecule has 0 spiro atoms. The van der Waals surface area contributed by atoms with Crippen LogP contribution in [0.3, 0.4) is 0 Å². The fourth-order valence-corrected chi connectivity index (χ4v) is 6.55. The highest BCUT2D eigenvalue weighted by Gasteiger charge is 2.31. The molecule has 0 saturated carbocycles. The molecule has 5 aromatic rings. The van der Waals surface area contributed by atoms with Crippen LogP contribution >= 0.6 is 33.9 Å². The number of nitrogens with zero attached hydrogens (tertiary/aromatic N) is 4. The van der Waals surface area contributed by atoms with Gasteiger partial charge in [0.15, 0.2) is 11.6 Å². The third-order valence-electron chi connectivity index (χ3n) is 6.40. The van der Waals surface area contributed by atoms with Crippen molar-refractivity contribution in [3.63, 3.8) is 0 Å². The van der Waals surface area contributed by atoms with E-state index >= 15 is 4.39 Å². The van der Waals surface area contributed by atoms with Crippen molar-refractivity contribution in [2.75, 3.05) is 17.3 Å². The Morgan fingerprint density at radius 1 is 1.10 bits per heavy atom. The number of pyridine rings is 1. The van der Waals surface area contributed by atoms with Crippen molar-refractivity contribution in [3.8, 4) is 22.1 Å². The lowest BCUT2D eigenvalue weighted by atomic mass is 10.1. The number of benzene rings is 2. The Kier molecular flexibility index (Phi) is 7.45. The average molecular weight is 680 g/mol. The van der Waals surface area contributed by atoms with E-state index in [1.54, 1.807) is 30.7 Å². The molecule has 0 saturated heterocycles. The minimum Gasteiger partial charge on any atom is -0.496 e. The lowest BCUT2D eigenvalue weighted by molar-refractivity contribution is -0.113. The summed E-state index contributed by atoms with van der Waals surface area (Å²) in [6.45, 7) is 0. The highest BCUT2D eigenvalue weighted by Crippen LogP contribution is 2.39. The molecule has 4 heterocycles. The van der Waals surface area contributed by atoms with Crippen molar-refractivity contribution in [3.05, 3.63) is 109 Å². The monoisotopic (exact) mass is 679 g/mol. The van der Waals surface area contributed by atoms with Crippen LogP contribution in [0, 0.1) is 5.82 Å². The van der Waals surface area contributed by atoms with Crippen molar-refractivity contribution in [2.24, 2.45) is 7.05 Å². The molecule has 1 N–H and O–H groups in total. The van der Waals surface area contributed by atoms with E-state index < -0.39 is 11.7 Å². The molecule has 1 unspecified atom stereocenters. The summed E-state index contributed by atoms with van der Waals surface area (Å²) in [4.78, 5) is 25.1. The quantitative estimate of drug-likeness (QED) is 0.111. The van der Waals surface area contributed by atoms with Gasteiger partial charge in [-0.25, -0.2) is 9.37 Å². The third kappa shape index (κ3) is 5.42. The number of aryl methyl sites for hydroxylation is 1. The zero-order chi connectivity index (χ0) is 28.5. The second kappa shape index (κ2) is 11.3. The first-order valence-electron chi connectivity index (χ1n) is 12.5. The zero-order valence-electron chi connectivity index (χ0n) is 21.9. The van der Waals surface area contributed by atoms with Crippen molar-refractivity contribution < 1.29 is 18.7 Å². The van der Waals surface area contributed by atoms with E-state index in [2.05, 4.69) is 37.9 Å². The number of carbonyl (C=O) groups is 1. The topological polar surface area (TPSA) is 81.5 Å². The largest absolute Gasteiger partial charge is 0.496 e. The number of carbonyl (C=O) groups excluding carboxylic acids is 1. The molecule has 11 heteroatoms. The number of nitrogens with one attached hydrogen (secondary N) is 1. The summed E-state index contributed by atoms with van der Waals surface area (Å²) in [7, 11) is 3.42. The number of rotatable bonds is 7. The lowest BCUT2D eigenvalue weighted by Gasteiger charge is -2.31. The number of amides is 1. The molecule has 41 heavy (non-hydrogen) atoms. The number of alkyl halides is 1. The lowest BCUT2D eigenvalue weighted by Crippen LogP contribution is -2.36. The van der Waals surface area contributed by atoms with Crippen molar-refractivity contribution in [1.82, 2.24) is 14.5 Å². The number of thiophene rings is 1. The minimum atomic E-state index is -0.615. The summed E-state index contributed by atoms with van der Waals surface area (Å²) in [5.74, 6) is -0.0535. The first-order chi connectivity index (χ1) is 19.9. The fourth-order valence-electron chi connectivity index (χ4n) is 4.42. The molecule has 0 fully saturated rings. The van der Waals surface area contributed by atoms with Crippen LogP contribution in [0.15, 0.2) is 103 Å². The Labute approximate surface area is 252 Å². The first-order valence-corrected chi connectivity index (χ1v) is 14.6. The number of allylic oxidation sites excluding steroid dienone is 1. The maximum absolute atomic E-state index is 15.2. The highest BCUT2D eigenvalue weighted by molar-refractivity contribution is 14.1. The molecule has 3 aromatic heterocycles. The van der Waals surface area contributed by atoms with Crippen LogP contribution in [0.5, 0.6) is 11.5 Å². The maximum atomic E-state index is 15.2. The van der Waals surface area contributed by atoms with Crippen molar-refractivity contribution in [2.45, 2.75) is 4.05 Å². The van der Waals surface area contributed by atoms with E-state index in [0.717, 1.165) is 26.5 Å². The van der Waals surface area contributed by atoms with Gasteiger partial charge in [0.1, 0.15) is 15.6 Å². The van der Waals surface area contributed by atoms with Gasteiger partial charge in [0.25, 0.3) is 5.91 Å². The second-order valence-corrected chi connectivity index (χ2v) is 11.4. The number of imidazole rings is 1. The molecule has 8 nitrogen and oxygen atoms in total. The predicted molar refractivity (Wildman–Crippen MR) is 167 cm³/mol. The van der Waals surface area contributed by atoms with Gasteiger partial charge < -0.3 is 24.3 Å². The van der Waals surface area contributed by atoms with E-state index in [0.29, 0.717) is 22.8 Å². The molecule has 6 rings (SSSR count). The number of ether oxygens (including phenoxy) is 2. The second-order valence-electron chi connectivity index (χ2n) is 9.14. The standard InChI is InChI=1S/C30H23FIN5O3S/c1-36-16-22(34-17-36)26-15-21-28(41-26)25(10-12-33-21)40-23-9-8-18(14-20(23)31)35-30(38)27-24(39-2)11-13-37(29(27)32)19-6-4-3-5-7-19/h3-17,29H,1-2H3,(H,35,38). The van der Waals surface area contributed by atoms with Gasteiger partial charge >= 0.3 is 0 Å². The van der Waals surface area contributed by atoms with Crippen LogP contribution in [-0.4, -0.2) is 31.6 Å². The summed E-state index contributed by atoms with van der Waals surface area (Å²) in [5.41, 5.74) is 3.20. The number of methoxy groups -OCH3 is 1. The maximum Gasteiger partial charge on any atom is 0.258 e. The highest BCUT2D eigenvalue weighted by atomic mass is 127. The molecular formula is C30H23FIN5O3S. The Balaban J connectivity index is 1.22. The first kappa shape index (κ1) is 27.0. The van der Waals surface area contributed by atoms with E-state index in [1.165, 1.54) is 30.6 Å². The summed E-state index contributed by atoms with van der Waals surface area (Å²) >= 11 is 3.67. The number of aromatic nitrogens is 3. The number of hydrogen-bond acceptors (Lipinski definition) is 7. The molecule has 1 amide bonds. The molecule has 0 radical (unpaired) electrons. The van der Waals surface area contributed by atoms with Crippen molar-refractivity contribution >= 4 is 61.4 Å². The Morgan fingerprint density at radius 3 is 2.66 bits per heavy atom. The number of anilines is 2. The molecule has 1 aliphatic rings. The smallest absolute Gasteiger partial charge is 0.258 e. The van der Waals surface area contributed by atoms with Gasteiger partial charge in [-0.15, -0.1) is 11.3 Å². The van der Waals surface area contributed by atoms with Crippen molar-refractivity contribution in [1.29, 1.82) is 0 Å². The van der Waals surface area contributed by atoms with Gasteiger partial charge in [0, 0.05) is 49.1 Å². The number of fused-ring (bicyclic) bond motifs is 1. The van der Waals surface area contributed by atoms with E-state index in [9.17, 15) is 4.79 Å². The molecule has 0 bridgehead atoms.